The molecule has 4 N–H and O–H groups in total. The molecule has 0 aliphatic rings. The lowest BCUT2D eigenvalue weighted by Gasteiger charge is -2.09. The molecule has 2 aromatic rings. The van der Waals surface area contributed by atoms with E-state index in [4.69, 9.17) is 10.5 Å². The first-order chi connectivity index (χ1) is 13.0. The molecule has 0 aliphatic carbocycles. The van der Waals surface area contributed by atoms with Gasteiger partial charge in [0.25, 0.3) is 5.91 Å². The molecule has 0 fully saturated rings. The Bertz CT molecular complexity index is 790. The highest BCUT2D eigenvalue weighted by Crippen LogP contribution is 2.08. The third-order valence-electron chi connectivity index (χ3n) is 4.08. The van der Waals surface area contributed by atoms with Crippen LogP contribution in [0.5, 0.6) is 0 Å². The molecule has 0 aliphatic heterocycles. The first kappa shape index (κ1) is 23.3. The van der Waals surface area contributed by atoms with Crippen LogP contribution in [0.25, 0.3) is 0 Å². The number of hydrogen-bond donors (Lipinski definition) is 4. The molecule has 0 spiro atoms. The second-order valence-electron chi connectivity index (χ2n) is 6.29. The number of carbonyl (C=O) groups excluding carboxylic acids is 1. The minimum atomic E-state index is -0.831. The monoisotopic (exact) mass is 403 g/mol. The summed E-state index contributed by atoms with van der Waals surface area (Å²) in [6.45, 7) is 3.07. The van der Waals surface area contributed by atoms with Crippen molar-refractivity contribution in [2.24, 2.45) is 0 Å². The normalized spacial score (nSPS) is 10.0. The van der Waals surface area contributed by atoms with Gasteiger partial charge < -0.3 is 15.7 Å². The number of aliphatic carboxylic acids is 1. The fourth-order valence-corrected chi connectivity index (χ4v) is 2.59. The van der Waals surface area contributed by atoms with Gasteiger partial charge in [0, 0.05) is 24.2 Å². The SMILES string of the molecule is CCCc1ccc(C(=O)NC(=N)c2ccc(CNCCC(=O)O)cc2)cc1.Cl. The van der Waals surface area contributed by atoms with Crippen molar-refractivity contribution in [1.29, 1.82) is 5.41 Å². The van der Waals surface area contributed by atoms with E-state index in [1.54, 1.807) is 24.3 Å². The van der Waals surface area contributed by atoms with Gasteiger partial charge >= 0.3 is 5.97 Å². The minimum absolute atomic E-state index is 0. The Labute approximate surface area is 171 Å². The Balaban J connectivity index is 0.00000392. The molecule has 28 heavy (non-hydrogen) atoms. The molecule has 0 bridgehead atoms. The molecule has 0 radical (unpaired) electrons. The largest absolute Gasteiger partial charge is 0.481 e. The number of carboxylic acids is 1. The van der Waals surface area contributed by atoms with E-state index in [2.05, 4.69) is 17.6 Å². The summed E-state index contributed by atoms with van der Waals surface area (Å²) >= 11 is 0. The van der Waals surface area contributed by atoms with Crippen molar-refractivity contribution in [1.82, 2.24) is 10.6 Å². The van der Waals surface area contributed by atoms with E-state index in [1.807, 2.05) is 24.3 Å². The predicted octanol–water partition coefficient (Wildman–Crippen LogP) is 3.38. The fourth-order valence-electron chi connectivity index (χ4n) is 2.59. The number of nitrogens with one attached hydrogen (secondary N) is 3. The van der Waals surface area contributed by atoms with Gasteiger partial charge in [-0.25, -0.2) is 0 Å². The van der Waals surface area contributed by atoms with Crippen molar-refractivity contribution in [3.63, 3.8) is 0 Å². The number of halogens is 1. The van der Waals surface area contributed by atoms with Gasteiger partial charge in [0.2, 0.25) is 0 Å². The maximum atomic E-state index is 12.3. The summed E-state index contributed by atoms with van der Waals surface area (Å²) in [6.07, 6.45) is 2.12. The molecule has 0 saturated carbocycles. The Hall–Kier alpha value is -2.70. The van der Waals surface area contributed by atoms with Crippen LogP contribution in [-0.4, -0.2) is 29.4 Å². The molecule has 2 aromatic carbocycles. The van der Waals surface area contributed by atoms with Gasteiger partial charge in [-0.05, 0) is 29.7 Å². The Morgan fingerprint density at radius 1 is 0.964 bits per heavy atom. The highest BCUT2D eigenvalue weighted by Gasteiger charge is 2.09. The van der Waals surface area contributed by atoms with Crippen LogP contribution in [-0.2, 0) is 17.8 Å². The lowest BCUT2D eigenvalue weighted by molar-refractivity contribution is -0.136. The van der Waals surface area contributed by atoms with E-state index >= 15 is 0 Å². The number of rotatable bonds is 9. The second-order valence-corrected chi connectivity index (χ2v) is 6.29. The molecule has 0 aromatic heterocycles. The van der Waals surface area contributed by atoms with Gasteiger partial charge in [-0.15, -0.1) is 12.4 Å². The lowest BCUT2D eigenvalue weighted by Crippen LogP contribution is -2.30. The fraction of sp³-hybridized carbons (Fsp3) is 0.286. The molecule has 150 valence electrons. The highest BCUT2D eigenvalue weighted by molar-refractivity contribution is 6.11. The van der Waals surface area contributed by atoms with E-state index in [9.17, 15) is 9.59 Å². The second kappa shape index (κ2) is 11.9. The van der Waals surface area contributed by atoms with Crippen LogP contribution in [0, 0.1) is 5.41 Å². The number of benzene rings is 2. The summed E-state index contributed by atoms with van der Waals surface area (Å²) in [5.41, 5.74) is 3.31. The molecule has 6 nitrogen and oxygen atoms in total. The Morgan fingerprint density at radius 3 is 2.11 bits per heavy atom. The maximum Gasteiger partial charge on any atom is 0.304 e. The molecule has 0 atom stereocenters. The molecule has 0 saturated heterocycles. The van der Waals surface area contributed by atoms with Crippen LogP contribution >= 0.6 is 12.4 Å². The Kier molecular flexibility index (Phi) is 9.92. The first-order valence-electron chi connectivity index (χ1n) is 9.00. The summed E-state index contributed by atoms with van der Waals surface area (Å²) < 4.78 is 0. The summed E-state index contributed by atoms with van der Waals surface area (Å²) in [6, 6.07) is 14.7. The van der Waals surface area contributed by atoms with Crippen molar-refractivity contribution >= 4 is 30.1 Å². The summed E-state index contributed by atoms with van der Waals surface area (Å²) in [7, 11) is 0. The minimum Gasteiger partial charge on any atom is -0.481 e. The third-order valence-corrected chi connectivity index (χ3v) is 4.08. The number of aryl methyl sites for hydroxylation is 1. The molecule has 0 heterocycles. The molecular weight excluding hydrogens is 378 g/mol. The van der Waals surface area contributed by atoms with Gasteiger partial charge in [0.1, 0.15) is 5.84 Å². The number of carboxylic acid groups (broad SMARTS) is 1. The summed E-state index contributed by atoms with van der Waals surface area (Å²) in [4.78, 5) is 22.8. The van der Waals surface area contributed by atoms with Crippen LogP contribution in [0.2, 0.25) is 0 Å². The molecule has 2 rings (SSSR count). The van der Waals surface area contributed by atoms with Gasteiger partial charge in [0.05, 0.1) is 6.42 Å². The van der Waals surface area contributed by atoms with Crippen LogP contribution in [0.3, 0.4) is 0 Å². The van der Waals surface area contributed by atoms with Crippen molar-refractivity contribution in [3.05, 3.63) is 70.8 Å². The van der Waals surface area contributed by atoms with E-state index < -0.39 is 5.97 Å². The molecule has 1 amide bonds. The first-order valence-corrected chi connectivity index (χ1v) is 9.00. The van der Waals surface area contributed by atoms with Crippen LogP contribution < -0.4 is 10.6 Å². The molecule has 0 unspecified atom stereocenters. The zero-order valence-corrected chi connectivity index (χ0v) is 16.6. The van der Waals surface area contributed by atoms with Crippen LogP contribution in [0.1, 0.15) is 46.8 Å². The van der Waals surface area contributed by atoms with E-state index in [0.717, 1.165) is 18.4 Å². The van der Waals surface area contributed by atoms with Gasteiger partial charge in [-0.3, -0.25) is 15.0 Å². The standard InChI is InChI=1S/C21H25N3O3.ClH/c1-2-3-15-4-10-18(11-5-15)21(27)24-20(22)17-8-6-16(7-9-17)14-23-13-12-19(25)26;/h4-11,23H,2-3,12-14H2,1H3,(H,25,26)(H2,22,24,27);1H. The number of hydrogen-bond acceptors (Lipinski definition) is 4. The molecule has 7 heteroatoms. The van der Waals surface area contributed by atoms with Gasteiger partial charge in [0.15, 0.2) is 0 Å². The Morgan fingerprint density at radius 2 is 1.54 bits per heavy atom. The van der Waals surface area contributed by atoms with Gasteiger partial charge in [-0.2, -0.15) is 0 Å². The number of amidine groups is 1. The van der Waals surface area contributed by atoms with E-state index in [-0.39, 0.29) is 30.6 Å². The van der Waals surface area contributed by atoms with E-state index in [1.165, 1.54) is 5.56 Å². The number of amides is 1. The predicted molar refractivity (Wildman–Crippen MR) is 112 cm³/mol. The van der Waals surface area contributed by atoms with Crippen LogP contribution in [0.15, 0.2) is 48.5 Å². The topological polar surface area (TPSA) is 102 Å². The maximum absolute atomic E-state index is 12.3. The summed E-state index contributed by atoms with van der Waals surface area (Å²) in [5.74, 6) is -1.09. The van der Waals surface area contributed by atoms with E-state index in [0.29, 0.717) is 24.2 Å². The van der Waals surface area contributed by atoms with Crippen LogP contribution in [0.4, 0.5) is 0 Å². The van der Waals surface area contributed by atoms with Gasteiger partial charge in [-0.1, -0.05) is 49.7 Å². The summed E-state index contributed by atoms with van der Waals surface area (Å²) in [5, 5.41) is 22.3. The third kappa shape index (κ3) is 7.50. The average molecular weight is 404 g/mol. The average Bonchev–Trinajstić information content (AvgIpc) is 2.66. The highest BCUT2D eigenvalue weighted by atomic mass is 35.5. The van der Waals surface area contributed by atoms with Crippen molar-refractivity contribution in [2.75, 3.05) is 6.54 Å². The van der Waals surface area contributed by atoms with Crippen molar-refractivity contribution < 1.29 is 14.7 Å². The quantitative estimate of drug-likeness (QED) is 0.293. The zero-order valence-electron chi connectivity index (χ0n) is 15.8. The zero-order chi connectivity index (χ0) is 19.6. The molecular formula is C21H26ClN3O3. The smallest absolute Gasteiger partial charge is 0.304 e. The number of carbonyl (C=O) groups is 2. The lowest BCUT2D eigenvalue weighted by atomic mass is 10.1. The van der Waals surface area contributed by atoms with Crippen molar-refractivity contribution in [2.45, 2.75) is 32.7 Å². The van der Waals surface area contributed by atoms with Crippen molar-refractivity contribution in [3.8, 4) is 0 Å².